The second kappa shape index (κ2) is 5.57. The van der Waals surface area contributed by atoms with Gasteiger partial charge in [-0.25, -0.2) is 0 Å². The molecule has 1 N–H and O–H groups in total. The van der Waals surface area contributed by atoms with Gasteiger partial charge in [0.05, 0.1) is 17.1 Å². The first kappa shape index (κ1) is 13.8. The SMILES string of the molecule is CN(C)c1cccc2c1Nc1ccccc1S2.[Na]. The summed E-state index contributed by atoms with van der Waals surface area (Å²) >= 11 is 1.82. The van der Waals surface area contributed by atoms with Gasteiger partial charge in [0.2, 0.25) is 0 Å². The molecule has 0 saturated heterocycles. The van der Waals surface area contributed by atoms with Gasteiger partial charge in [0.15, 0.2) is 0 Å². The van der Waals surface area contributed by atoms with Crippen molar-refractivity contribution in [3.8, 4) is 0 Å². The monoisotopic (exact) mass is 265 g/mol. The fraction of sp³-hybridized carbons (Fsp3) is 0.143. The number of nitrogens with zero attached hydrogens (tertiary/aromatic N) is 1. The van der Waals surface area contributed by atoms with Crippen LogP contribution in [0, 0.1) is 0 Å². The smallest absolute Gasteiger partial charge is 0.0763 e. The molecule has 18 heavy (non-hydrogen) atoms. The van der Waals surface area contributed by atoms with Gasteiger partial charge in [-0.2, -0.15) is 0 Å². The van der Waals surface area contributed by atoms with Crippen molar-refractivity contribution in [1.82, 2.24) is 0 Å². The van der Waals surface area contributed by atoms with Crippen LogP contribution in [0.1, 0.15) is 0 Å². The standard InChI is InChI=1S/C14H14N2S.Na/c1-16(2)11-7-5-9-13-14(11)15-10-6-3-4-8-12(10)17-13;/h3-9,15H,1-2H3;. The summed E-state index contributed by atoms with van der Waals surface area (Å²) in [6.07, 6.45) is 0. The first-order chi connectivity index (χ1) is 8.25. The van der Waals surface area contributed by atoms with Crippen LogP contribution < -0.4 is 10.2 Å². The van der Waals surface area contributed by atoms with E-state index in [-0.39, 0.29) is 29.6 Å². The average molecular weight is 265 g/mol. The topological polar surface area (TPSA) is 15.3 Å². The van der Waals surface area contributed by atoms with E-state index >= 15 is 0 Å². The third kappa shape index (κ3) is 2.41. The summed E-state index contributed by atoms with van der Waals surface area (Å²) in [7, 11) is 4.14. The van der Waals surface area contributed by atoms with Crippen molar-refractivity contribution >= 4 is 58.4 Å². The van der Waals surface area contributed by atoms with E-state index in [1.54, 1.807) is 0 Å². The Morgan fingerprint density at radius 3 is 2.44 bits per heavy atom. The van der Waals surface area contributed by atoms with E-state index in [9.17, 15) is 0 Å². The Balaban J connectivity index is 0.00000120. The summed E-state index contributed by atoms with van der Waals surface area (Å²) in [5.74, 6) is 0. The number of hydrogen-bond acceptors (Lipinski definition) is 3. The summed E-state index contributed by atoms with van der Waals surface area (Å²) < 4.78 is 0. The maximum absolute atomic E-state index is 3.53. The van der Waals surface area contributed by atoms with E-state index in [1.165, 1.54) is 26.9 Å². The van der Waals surface area contributed by atoms with Crippen LogP contribution in [0.15, 0.2) is 52.3 Å². The minimum atomic E-state index is 0. The zero-order valence-corrected chi connectivity index (χ0v) is 13.7. The first-order valence-electron chi connectivity index (χ1n) is 5.60. The van der Waals surface area contributed by atoms with E-state index in [2.05, 4.69) is 66.8 Å². The van der Waals surface area contributed by atoms with Gasteiger partial charge < -0.3 is 10.2 Å². The Hall–Kier alpha value is -0.610. The molecule has 3 rings (SSSR count). The van der Waals surface area contributed by atoms with Crippen LogP contribution in [-0.4, -0.2) is 43.7 Å². The minimum absolute atomic E-state index is 0. The van der Waals surface area contributed by atoms with Gasteiger partial charge in [-0.05, 0) is 24.3 Å². The van der Waals surface area contributed by atoms with Crippen molar-refractivity contribution in [3.05, 3.63) is 42.5 Å². The van der Waals surface area contributed by atoms with Crippen molar-refractivity contribution in [2.45, 2.75) is 9.79 Å². The number of para-hydroxylation sites is 2. The van der Waals surface area contributed by atoms with Crippen molar-refractivity contribution in [2.24, 2.45) is 0 Å². The molecular weight excluding hydrogens is 251 g/mol. The van der Waals surface area contributed by atoms with Crippen LogP contribution >= 0.6 is 11.8 Å². The molecule has 1 heterocycles. The van der Waals surface area contributed by atoms with Gasteiger partial charge in [0.25, 0.3) is 0 Å². The minimum Gasteiger partial charge on any atom is -0.376 e. The van der Waals surface area contributed by atoms with Gasteiger partial charge >= 0.3 is 0 Å². The molecule has 0 aliphatic carbocycles. The van der Waals surface area contributed by atoms with Crippen LogP contribution in [0.2, 0.25) is 0 Å². The molecule has 1 aliphatic rings. The fourth-order valence-electron chi connectivity index (χ4n) is 2.01. The molecule has 0 unspecified atom stereocenters. The molecule has 0 spiro atoms. The fourth-order valence-corrected chi connectivity index (χ4v) is 3.03. The largest absolute Gasteiger partial charge is 0.376 e. The Morgan fingerprint density at radius 1 is 0.944 bits per heavy atom. The quantitative estimate of drug-likeness (QED) is 0.677. The number of hydrogen-bond donors (Lipinski definition) is 1. The van der Waals surface area contributed by atoms with Crippen molar-refractivity contribution in [1.29, 1.82) is 0 Å². The number of rotatable bonds is 1. The molecule has 0 aromatic heterocycles. The van der Waals surface area contributed by atoms with Crippen molar-refractivity contribution < 1.29 is 0 Å². The first-order valence-corrected chi connectivity index (χ1v) is 6.41. The summed E-state index contributed by atoms with van der Waals surface area (Å²) in [5, 5.41) is 3.53. The third-order valence-corrected chi connectivity index (χ3v) is 3.99. The number of nitrogens with one attached hydrogen (secondary N) is 1. The second-order valence-corrected chi connectivity index (χ2v) is 5.35. The van der Waals surface area contributed by atoms with E-state index in [0.29, 0.717) is 0 Å². The van der Waals surface area contributed by atoms with Crippen LogP contribution in [-0.2, 0) is 0 Å². The Bertz CT molecular complexity index is 569. The Morgan fingerprint density at radius 2 is 1.67 bits per heavy atom. The van der Waals surface area contributed by atoms with Crippen LogP contribution in [0.4, 0.5) is 17.1 Å². The molecule has 0 atom stereocenters. The molecule has 87 valence electrons. The normalized spacial score (nSPS) is 11.7. The predicted molar refractivity (Wildman–Crippen MR) is 80.4 cm³/mol. The van der Waals surface area contributed by atoms with Crippen molar-refractivity contribution in [2.75, 3.05) is 24.3 Å². The Kier molecular flexibility index (Phi) is 4.28. The van der Waals surface area contributed by atoms with Crippen LogP contribution in [0.5, 0.6) is 0 Å². The summed E-state index contributed by atoms with van der Waals surface area (Å²) in [6, 6.07) is 14.8. The summed E-state index contributed by atoms with van der Waals surface area (Å²) in [5.41, 5.74) is 3.63. The zero-order chi connectivity index (χ0) is 11.8. The Labute approximate surface area is 134 Å². The average Bonchev–Trinajstić information content (AvgIpc) is 2.35. The molecule has 1 radical (unpaired) electrons. The van der Waals surface area contributed by atoms with E-state index in [4.69, 9.17) is 0 Å². The molecule has 4 heteroatoms. The number of anilines is 3. The second-order valence-electron chi connectivity index (χ2n) is 4.27. The molecule has 1 aliphatic heterocycles. The van der Waals surface area contributed by atoms with Gasteiger partial charge in [0.1, 0.15) is 0 Å². The van der Waals surface area contributed by atoms with Gasteiger partial charge in [-0.3, -0.25) is 0 Å². The molecule has 0 bridgehead atoms. The van der Waals surface area contributed by atoms with E-state index in [1.807, 2.05) is 11.8 Å². The van der Waals surface area contributed by atoms with Crippen molar-refractivity contribution in [3.63, 3.8) is 0 Å². The predicted octanol–water partition coefficient (Wildman–Crippen LogP) is 3.58. The molecular formula is C14H14N2NaS. The van der Waals surface area contributed by atoms with E-state index in [0.717, 1.165) is 0 Å². The molecule has 0 amide bonds. The van der Waals surface area contributed by atoms with E-state index < -0.39 is 0 Å². The third-order valence-electron chi connectivity index (χ3n) is 2.85. The maximum Gasteiger partial charge on any atom is 0.0763 e. The number of fused-ring (bicyclic) bond motifs is 2. The van der Waals surface area contributed by atoms with Gasteiger partial charge in [-0.1, -0.05) is 30.0 Å². The van der Waals surface area contributed by atoms with Crippen LogP contribution in [0.25, 0.3) is 0 Å². The zero-order valence-electron chi connectivity index (χ0n) is 10.9. The van der Waals surface area contributed by atoms with Crippen LogP contribution in [0.3, 0.4) is 0 Å². The summed E-state index contributed by atoms with van der Waals surface area (Å²) in [4.78, 5) is 4.71. The van der Waals surface area contributed by atoms with Gasteiger partial charge in [-0.15, -0.1) is 0 Å². The maximum atomic E-state index is 3.53. The number of benzene rings is 2. The summed E-state index contributed by atoms with van der Waals surface area (Å²) in [6.45, 7) is 0. The molecule has 0 saturated carbocycles. The van der Waals surface area contributed by atoms with Gasteiger partial charge in [0, 0.05) is 53.4 Å². The molecule has 2 aromatic carbocycles. The molecule has 2 nitrogen and oxygen atoms in total. The molecule has 0 fully saturated rings. The molecule has 2 aromatic rings.